The predicted molar refractivity (Wildman–Crippen MR) is 44.8 cm³/mol. The lowest BCUT2D eigenvalue weighted by molar-refractivity contribution is 0.335. The molecular formula is C8H14N4. The Bertz CT molecular complexity index is 279. The Morgan fingerprint density at radius 2 is 2.00 bits per heavy atom. The Morgan fingerprint density at radius 3 is 2.50 bits per heavy atom. The third-order valence-corrected chi connectivity index (χ3v) is 2.07. The van der Waals surface area contributed by atoms with Crippen LogP contribution in [0.1, 0.15) is 45.4 Å². The van der Waals surface area contributed by atoms with Gasteiger partial charge in [-0.15, -0.1) is 5.10 Å². The predicted octanol–water partition coefficient (Wildman–Crippen LogP) is 1.31. The van der Waals surface area contributed by atoms with Crippen molar-refractivity contribution >= 4 is 0 Å². The minimum Gasteiger partial charge on any atom is -0.224 e. The maximum absolute atomic E-state index is 4.05. The van der Waals surface area contributed by atoms with Crippen molar-refractivity contribution in [3.8, 4) is 0 Å². The quantitative estimate of drug-likeness (QED) is 0.631. The maximum atomic E-state index is 4.05. The Balaban J connectivity index is 2.36. The fourth-order valence-corrected chi connectivity index (χ4v) is 1.27. The molecule has 0 bridgehead atoms. The van der Waals surface area contributed by atoms with E-state index in [9.17, 15) is 0 Å². The molecule has 2 rings (SSSR count). The van der Waals surface area contributed by atoms with Crippen molar-refractivity contribution in [1.82, 2.24) is 20.2 Å². The molecule has 0 atom stereocenters. The van der Waals surface area contributed by atoms with Crippen molar-refractivity contribution < 1.29 is 0 Å². The van der Waals surface area contributed by atoms with Crippen LogP contribution in [-0.4, -0.2) is 20.2 Å². The third-order valence-electron chi connectivity index (χ3n) is 2.07. The van der Waals surface area contributed by atoms with E-state index in [1.165, 1.54) is 12.8 Å². The summed E-state index contributed by atoms with van der Waals surface area (Å²) in [7, 11) is 0. The van der Waals surface area contributed by atoms with Crippen LogP contribution in [0.4, 0.5) is 0 Å². The lowest BCUT2D eigenvalue weighted by Crippen LogP contribution is -2.25. The molecule has 0 aromatic carbocycles. The Morgan fingerprint density at radius 1 is 1.33 bits per heavy atom. The van der Waals surface area contributed by atoms with Crippen LogP contribution in [0.25, 0.3) is 0 Å². The zero-order chi connectivity index (χ0) is 8.77. The van der Waals surface area contributed by atoms with Crippen molar-refractivity contribution in [3.05, 3.63) is 5.82 Å². The van der Waals surface area contributed by atoms with Crippen LogP contribution in [-0.2, 0) is 5.54 Å². The van der Waals surface area contributed by atoms with Crippen molar-refractivity contribution in [2.75, 3.05) is 0 Å². The van der Waals surface area contributed by atoms with Gasteiger partial charge in [0.1, 0.15) is 0 Å². The first-order valence-corrected chi connectivity index (χ1v) is 4.38. The summed E-state index contributed by atoms with van der Waals surface area (Å²) in [6.45, 7) is 6.36. The van der Waals surface area contributed by atoms with Gasteiger partial charge in [-0.05, 0) is 44.0 Å². The minimum atomic E-state index is 0.0153. The van der Waals surface area contributed by atoms with Crippen LogP contribution in [0.3, 0.4) is 0 Å². The average Bonchev–Trinajstić information content (AvgIpc) is 2.65. The molecular weight excluding hydrogens is 152 g/mol. The highest BCUT2D eigenvalue weighted by Crippen LogP contribution is 2.39. The molecule has 0 unspecified atom stereocenters. The van der Waals surface area contributed by atoms with Crippen molar-refractivity contribution in [2.45, 2.75) is 45.1 Å². The largest absolute Gasteiger partial charge is 0.224 e. The second-order valence-electron chi connectivity index (χ2n) is 4.39. The van der Waals surface area contributed by atoms with E-state index in [0.717, 1.165) is 5.82 Å². The van der Waals surface area contributed by atoms with E-state index in [2.05, 4.69) is 36.3 Å². The molecule has 1 aromatic heterocycles. The van der Waals surface area contributed by atoms with Crippen LogP contribution in [0.15, 0.2) is 0 Å². The molecule has 66 valence electrons. The SMILES string of the molecule is CC(C)(C)n1nnnc1C1CC1. The summed E-state index contributed by atoms with van der Waals surface area (Å²) >= 11 is 0. The van der Waals surface area contributed by atoms with Gasteiger partial charge < -0.3 is 0 Å². The number of hydrogen-bond acceptors (Lipinski definition) is 3. The molecule has 1 saturated carbocycles. The van der Waals surface area contributed by atoms with Gasteiger partial charge >= 0.3 is 0 Å². The second kappa shape index (κ2) is 2.28. The highest BCUT2D eigenvalue weighted by atomic mass is 15.6. The summed E-state index contributed by atoms with van der Waals surface area (Å²) in [5, 5.41) is 11.8. The van der Waals surface area contributed by atoms with Gasteiger partial charge in [0.2, 0.25) is 0 Å². The number of aromatic nitrogens is 4. The molecule has 0 N–H and O–H groups in total. The summed E-state index contributed by atoms with van der Waals surface area (Å²) in [4.78, 5) is 0. The van der Waals surface area contributed by atoms with Gasteiger partial charge in [-0.3, -0.25) is 0 Å². The van der Waals surface area contributed by atoms with Gasteiger partial charge in [0.25, 0.3) is 0 Å². The maximum Gasteiger partial charge on any atom is 0.154 e. The van der Waals surface area contributed by atoms with E-state index in [1.54, 1.807) is 0 Å². The van der Waals surface area contributed by atoms with Gasteiger partial charge in [0, 0.05) is 5.92 Å². The topological polar surface area (TPSA) is 43.6 Å². The lowest BCUT2D eigenvalue weighted by Gasteiger charge is -2.19. The summed E-state index contributed by atoms with van der Waals surface area (Å²) < 4.78 is 1.94. The lowest BCUT2D eigenvalue weighted by atomic mass is 10.1. The normalized spacial score (nSPS) is 18.2. The third kappa shape index (κ3) is 1.21. The van der Waals surface area contributed by atoms with Crippen molar-refractivity contribution in [3.63, 3.8) is 0 Å². The molecule has 0 spiro atoms. The van der Waals surface area contributed by atoms with E-state index in [0.29, 0.717) is 5.92 Å². The molecule has 4 nitrogen and oxygen atoms in total. The summed E-state index contributed by atoms with van der Waals surface area (Å²) in [6.07, 6.45) is 2.49. The van der Waals surface area contributed by atoms with Gasteiger partial charge in [-0.2, -0.15) is 0 Å². The van der Waals surface area contributed by atoms with E-state index in [1.807, 2.05) is 4.68 Å². The number of rotatable bonds is 1. The molecule has 1 fully saturated rings. The molecule has 0 saturated heterocycles. The molecule has 1 heterocycles. The molecule has 12 heavy (non-hydrogen) atoms. The number of nitrogens with zero attached hydrogens (tertiary/aromatic N) is 4. The first-order valence-electron chi connectivity index (χ1n) is 4.38. The average molecular weight is 166 g/mol. The fourth-order valence-electron chi connectivity index (χ4n) is 1.27. The zero-order valence-corrected chi connectivity index (χ0v) is 7.78. The monoisotopic (exact) mass is 166 g/mol. The molecule has 0 amide bonds. The molecule has 1 aliphatic carbocycles. The Kier molecular flexibility index (Phi) is 1.46. The van der Waals surface area contributed by atoms with Gasteiger partial charge in [-0.1, -0.05) is 0 Å². The molecule has 1 aliphatic rings. The zero-order valence-electron chi connectivity index (χ0n) is 7.78. The van der Waals surface area contributed by atoms with Crippen LogP contribution in [0, 0.1) is 0 Å². The first kappa shape index (κ1) is 7.71. The Hall–Kier alpha value is -0.930. The molecule has 1 aromatic rings. The van der Waals surface area contributed by atoms with Crippen LogP contribution in [0.5, 0.6) is 0 Å². The molecule has 4 heteroatoms. The van der Waals surface area contributed by atoms with Gasteiger partial charge in [0.15, 0.2) is 5.82 Å². The second-order valence-corrected chi connectivity index (χ2v) is 4.39. The highest BCUT2D eigenvalue weighted by Gasteiger charge is 2.32. The molecule has 0 radical (unpaired) electrons. The van der Waals surface area contributed by atoms with E-state index in [4.69, 9.17) is 0 Å². The molecule has 0 aliphatic heterocycles. The van der Waals surface area contributed by atoms with Crippen molar-refractivity contribution in [1.29, 1.82) is 0 Å². The van der Waals surface area contributed by atoms with E-state index in [-0.39, 0.29) is 5.54 Å². The Labute approximate surface area is 72.0 Å². The standard InChI is InChI=1S/C8H14N4/c1-8(2,3)12-7(6-4-5-6)9-10-11-12/h6H,4-5H2,1-3H3. The number of tetrazole rings is 1. The smallest absolute Gasteiger partial charge is 0.154 e. The van der Waals surface area contributed by atoms with Crippen molar-refractivity contribution in [2.24, 2.45) is 0 Å². The van der Waals surface area contributed by atoms with E-state index >= 15 is 0 Å². The fraction of sp³-hybridized carbons (Fsp3) is 0.875. The van der Waals surface area contributed by atoms with Crippen LogP contribution >= 0.6 is 0 Å². The number of hydrogen-bond donors (Lipinski definition) is 0. The van der Waals surface area contributed by atoms with Gasteiger partial charge in [-0.25, -0.2) is 4.68 Å². The van der Waals surface area contributed by atoms with Crippen LogP contribution < -0.4 is 0 Å². The first-order chi connectivity index (χ1) is 5.59. The highest BCUT2D eigenvalue weighted by molar-refractivity contribution is 5.04. The summed E-state index contributed by atoms with van der Waals surface area (Å²) in [5.41, 5.74) is 0.0153. The summed E-state index contributed by atoms with van der Waals surface area (Å²) in [5.74, 6) is 1.68. The van der Waals surface area contributed by atoms with E-state index < -0.39 is 0 Å². The minimum absolute atomic E-state index is 0.0153. The summed E-state index contributed by atoms with van der Waals surface area (Å²) in [6, 6.07) is 0. The van der Waals surface area contributed by atoms with Gasteiger partial charge in [0.05, 0.1) is 5.54 Å². The van der Waals surface area contributed by atoms with Crippen LogP contribution in [0.2, 0.25) is 0 Å².